The average molecular weight is 456 g/mol. The Morgan fingerprint density at radius 2 is 0.800 bits per heavy atom. The molecule has 0 aliphatic heterocycles. The van der Waals surface area contributed by atoms with Gasteiger partial charge in [-0.05, 0) is 107 Å². The van der Waals surface area contributed by atoms with E-state index in [0.29, 0.717) is 0 Å². The fourth-order valence-electron chi connectivity index (χ4n) is 6.56. The van der Waals surface area contributed by atoms with E-state index in [1.165, 1.54) is 27.8 Å². The number of pyridine rings is 5. The van der Waals surface area contributed by atoms with Crippen molar-refractivity contribution in [2.45, 2.75) is 29.6 Å². The predicted molar refractivity (Wildman–Crippen MR) is 135 cm³/mol. The molecule has 0 bridgehead atoms. The van der Waals surface area contributed by atoms with Crippen LogP contribution < -0.4 is 0 Å². The van der Waals surface area contributed by atoms with Gasteiger partial charge in [-0.15, -0.1) is 0 Å². The molecule has 1 saturated carbocycles. The Labute approximate surface area is 205 Å². The first-order valence-corrected chi connectivity index (χ1v) is 11.9. The minimum atomic E-state index is -0.442. The zero-order valence-electron chi connectivity index (χ0n) is 19.3. The number of aromatic nitrogens is 5. The Hall–Kier alpha value is -4.25. The monoisotopic (exact) mass is 455 g/mol. The summed E-state index contributed by atoms with van der Waals surface area (Å²) < 4.78 is 0. The zero-order chi connectivity index (χ0) is 23.6. The van der Waals surface area contributed by atoms with Crippen LogP contribution >= 0.6 is 0 Å². The molecule has 0 aromatic carbocycles. The van der Waals surface area contributed by atoms with Crippen molar-refractivity contribution in [3.8, 4) is 0 Å². The highest BCUT2D eigenvalue weighted by molar-refractivity contribution is 5.59. The normalized spacial score (nSPS) is 18.2. The van der Waals surface area contributed by atoms with E-state index in [9.17, 15) is 0 Å². The van der Waals surface area contributed by atoms with Crippen LogP contribution in [0.4, 0.5) is 0 Å². The van der Waals surface area contributed by atoms with Gasteiger partial charge in [-0.2, -0.15) is 0 Å². The van der Waals surface area contributed by atoms with E-state index in [1.807, 2.05) is 62.0 Å². The second-order valence-electron chi connectivity index (χ2n) is 9.03. The third kappa shape index (κ3) is 3.19. The second kappa shape index (κ2) is 8.84. The van der Waals surface area contributed by atoms with Crippen molar-refractivity contribution in [2.24, 2.45) is 0 Å². The molecule has 0 saturated heterocycles. The largest absolute Gasteiger partial charge is 0.265 e. The summed E-state index contributed by atoms with van der Waals surface area (Å²) in [6, 6.07) is 21.7. The van der Waals surface area contributed by atoms with Crippen LogP contribution in [0, 0.1) is 0 Å². The molecule has 0 radical (unpaired) electrons. The lowest BCUT2D eigenvalue weighted by atomic mass is 9.50. The molecule has 1 aliphatic carbocycles. The van der Waals surface area contributed by atoms with E-state index in [4.69, 9.17) is 0 Å². The fourth-order valence-corrected chi connectivity index (χ4v) is 6.56. The Bertz CT molecular complexity index is 1300. The number of hydrogen-bond donors (Lipinski definition) is 0. The summed E-state index contributed by atoms with van der Waals surface area (Å²) in [5, 5.41) is 0. The van der Waals surface area contributed by atoms with E-state index >= 15 is 0 Å². The first kappa shape index (κ1) is 21.3. The van der Waals surface area contributed by atoms with Crippen LogP contribution in [0.2, 0.25) is 0 Å². The highest BCUT2D eigenvalue weighted by Gasteiger charge is 2.63. The van der Waals surface area contributed by atoms with Crippen molar-refractivity contribution >= 4 is 0 Å². The molecular formula is C30H25N5. The maximum absolute atomic E-state index is 4.39. The van der Waals surface area contributed by atoms with Crippen molar-refractivity contribution in [2.75, 3.05) is 0 Å². The van der Waals surface area contributed by atoms with Crippen molar-refractivity contribution in [3.05, 3.63) is 150 Å². The first-order valence-electron chi connectivity index (χ1n) is 11.9. The van der Waals surface area contributed by atoms with E-state index in [1.54, 1.807) is 0 Å². The van der Waals surface area contributed by atoms with Gasteiger partial charge in [0.2, 0.25) is 0 Å². The van der Waals surface area contributed by atoms with Crippen LogP contribution in [0.3, 0.4) is 0 Å². The first-order chi connectivity index (χ1) is 17.4. The summed E-state index contributed by atoms with van der Waals surface area (Å²) in [6.07, 6.45) is 21.0. The Kier molecular flexibility index (Phi) is 5.38. The maximum Gasteiger partial charge on any atom is 0.0410 e. The van der Waals surface area contributed by atoms with Gasteiger partial charge in [0.1, 0.15) is 0 Å². The molecule has 0 amide bonds. The standard InChI is InChI=1S/C30H25N5/c1-12-29(24-4-15-32-16-5-24,25-6-17-33-18-7-25)30(26-8-19-34-20-9-26,27-10-21-35-22-11-27)28(1)23-2-13-31-14-3-23/h2-11,13-22,28H,1,12H2. The summed E-state index contributed by atoms with van der Waals surface area (Å²) in [5.41, 5.74) is 5.39. The molecule has 170 valence electrons. The van der Waals surface area contributed by atoms with Gasteiger partial charge in [-0.3, -0.25) is 24.9 Å². The zero-order valence-corrected chi connectivity index (χ0v) is 19.3. The van der Waals surface area contributed by atoms with Gasteiger partial charge < -0.3 is 0 Å². The summed E-state index contributed by atoms with van der Waals surface area (Å²) in [4.78, 5) is 21.8. The van der Waals surface area contributed by atoms with Crippen LogP contribution in [0.25, 0.3) is 0 Å². The van der Waals surface area contributed by atoms with Crippen molar-refractivity contribution in [3.63, 3.8) is 0 Å². The van der Waals surface area contributed by atoms with Gasteiger partial charge in [0.05, 0.1) is 0 Å². The van der Waals surface area contributed by atoms with Gasteiger partial charge in [0, 0.05) is 72.8 Å². The lowest BCUT2D eigenvalue weighted by Crippen LogP contribution is -2.49. The molecule has 5 nitrogen and oxygen atoms in total. The second-order valence-corrected chi connectivity index (χ2v) is 9.03. The molecule has 5 aromatic heterocycles. The minimum absolute atomic E-state index is 0.191. The molecule has 6 rings (SSSR count). The van der Waals surface area contributed by atoms with Crippen molar-refractivity contribution in [1.82, 2.24) is 24.9 Å². The Morgan fingerprint density at radius 3 is 1.20 bits per heavy atom. The average Bonchev–Trinajstić information content (AvgIpc) is 3.33. The topological polar surface area (TPSA) is 64.5 Å². The quantitative estimate of drug-likeness (QED) is 0.350. The van der Waals surface area contributed by atoms with Crippen LogP contribution in [0.1, 0.15) is 46.6 Å². The van der Waals surface area contributed by atoms with Gasteiger partial charge in [0.15, 0.2) is 0 Å². The van der Waals surface area contributed by atoms with Crippen molar-refractivity contribution in [1.29, 1.82) is 0 Å². The van der Waals surface area contributed by atoms with Gasteiger partial charge in [0.25, 0.3) is 0 Å². The highest BCUT2D eigenvalue weighted by Crippen LogP contribution is 2.67. The molecule has 35 heavy (non-hydrogen) atoms. The number of hydrogen-bond acceptors (Lipinski definition) is 5. The summed E-state index contributed by atoms with van der Waals surface area (Å²) in [7, 11) is 0. The highest BCUT2D eigenvalue weighted by atomic mass is 14.7. The van der Waals surface area contributed by atoms with Crippen molar-refractivity contribution < 1.29 is 0 Å². The van der Waals surface area contributed by atoms with Crippen LogP contribution in [0.15, 0.2) is 123 Å². The predicted octanol–water partition coefficient (Wildman–Crippen LogP) is 5.51. The Morgan fingerprint density at radius 1 is 0.457 bits per heavy atom. The molecule has 1 unspecified atom stereocenters. The molecule has 0 spiro atoms. The third-order valence-corrected chi connectivity index (χ3v) is 7.73. The lowest BCUT2D eigenvalue weighted by Gasteiger charge is -2.51. The minimum Gasteiger partial charge on any atom is -0.265 e. The number of rotatable bonds is 5. The Balaban J connectivity index is 1.80. The van der Waals surface area contributed by atoms with Gasteiger partial charge in [-0.1, -0.05) is 0 Å². The maximum atomic E-state index is 4.39. The number of nitrogens with zero attached hydrogens (tertiary/aromatic N) is 5. The van der Waals surface area contributed by atoms with Crippen LogP contribution in [0.5, 0.6) is 0 Å². The van der Waals surface area contributed by atoms with Gasteiger partial charge >= 0.3 is 0 Å². The summed E-state index contributed by atoms with van der Waals surface area (Å²) >= 11 is 0. The molecule has 0 N–H and O–H groups in total. The SMILES string of the molecule is c1cc(C2CCC(c3ccncc3)(c3ccncc3)C2(c2ccncc2)c2ccncc2)ccn1. The molecular weight excluding hydrogens is 430 g/mol. The van der Waals surface area contributed by atoms with E-state index in [2.05, 4.69) is 85.6 Å². The summed E-state index contributed by atoms with van der Waals surface area (Å²) in [6.45, 7) is 0. The van der Waals surface area contributed by atoms with E-state index in [-0.39, 0.29) is 11.3 Å². The smallest absolute Gasteiger partial charge is 0.0410 e. The molecule has 1 fully saturated rings. The lowest BCUT2D eigenvalue weighted by molar-refractivity contribution is 0.333. The van der Waals surface area contributed by atoms with Crippen LogP contribution in [-0.4, -0.2) is 24.9 Å². The summed E-state index contributed by atoms with van der Waals surface area (Å²) in [5.74, 6) is 0.191. The molecule has 5 heterocycles. The molecule has 1 aliphatic rings. The molecule has 5 aromatic rings. The molecule has 1 atom stereocenters. The van der Waals surface area contributed by atoms with E-state index in [0.717, 1.165) is 12.8 Å². The van der Waals surface area contributed by atoms with E-state index < -0.39 is 5.41 Å². The van der Waals surface area contributed by atoms with Gasteiger partial charge in [-0.25, -0.2) is 0 Å². The molecule has 5 heteroatoms. The van der Waals surface area contributed by atoms with Crippen LogP contribution in [-0.2, 0) is 10.8 Å². The third-order valence-electron chi connectivity index (χ3n) is 7.73. The fraction of sp³-hybridized carbons (Fsp3) is 0.167.